The normalized spacial score (nSPS) is 27.9. The molecule has 0 radical (unpaired) electrons. The Morgan fingerprint density at radius 2 is 1.89 bits per heavy atom. The molecule has 1 aliphatic heterocycles. The minimum atomic E-state index is 0.232. The molecule has 0 aromatic heterocycles. The van der Waals surface area contributed by atoms with Crippen LogP contribution < -0.4 is 5.32 Å². The van der Waals surface area contributed by atoms with Crippen LogP contribution in [-0.2, 0) is 4.74 Å². The first-order chi connectivity index (χ1) is 8.94. The fourth-order valence-electron chi connectivity index (χ4n) is 3.36. The van der Waals surface area contributed by atoms with Crippen molar-refractivity contribution in [1.29, 1.82) is 0 Å². The quantitative estimate of drug-likeness (QED) is 0.826. The van der Waals surface area contributed by atoms with Crippen molar-refractivity contribution in [3.05, 3.63) is 0 Å². The van der Waals surface area contributed by atoms with Crippen LogP contribution in [0.15, 0.2) is 0 Å². The van der Waals surface area contributed by atoms with Crippen molar-refractivity contribution >= 4 is 0 Å². The van der Waals surface area contributed by atoms with Crippen molar-refractivity contribution in [2.45, 2.75) is 84.3 Å². The molecule has 1 saturated carbocycles. The summed E-state index contributed by atoms with van der Waals surface area (Å²) in [7, 11) is 0. The van der Waals surface area contributed by atoms with E-state index in [9.17, 15) is 0 Å². The summed E-state index contributed by atoms with van der Waals surface area (Å²) in [5.41, 5.74) is 0.619. The molecule has 0 bridgehead atoms. The van der Waals surface area contributed by atoms with E-state index >= 15 is 0 Å². The van der Waals surface area contributed by atoms with E-state index in [-0.39, 0.29) is 5.60 Å². The monoisotopic (exact) mass is 267 g/mol. The maximum Gasteiger partial charge on any atom is 0.0697 e. The number of rotatable bonds is 4. The molecule has 0 aromatic rings. The Bertz CT molecular complexity index is 273. The molecular weight excluding hydrogens is 234 g/mol. The van der Waals surface area contributed by atoms with Crippen LogP contribution in [0, 0.1) is 11.3 Å². The summed E-state index contributed by atoms with van der Waals surface area (Å²) in [6, 6.07) is 0.671. The zero-order valence-corrected chi connectivity index (χ0v) is 13.4. The largest absolute Gasteiger partial charge is 0.375 e. The molecule has 1 aliphatic carbocycles. The lowest BCUT2D eigenvalue weighted by Gasteiger charge is -2.44. The molecule has 1 heterocycles. The van der Waals surface area contributed by atoms with Crippen LogP contribution in [0.2, 0.25) is 0 Å². The predicted octanol–water partition coefficient (Wildman–Crippen LogP) is 4.14. The average molecular weight is 267 g/mol. The maximum atomic E-state index is 6.18. The molecule has 1 spiro atoms. The average Bonchev–Trinajstić information content (AvgIpc) is 2.37. The van der Waals surface area contributed by atoms with Crippen LogP contribution in [0.3, 0.4) is 0 Å². The van der Waals surface area contributed by atoms with Crippen molar-refractivity contribution in [2.75, 3.05) is 13.2 Å². The van der Waals surface area contributed by atoms with Crippen LogP contribution in [-0.4, -0.2) is 24.8 Å². The van der Waals surface area contributed by atoms with Crippen molar-refractivity contribution < 1.29 is 4.74 Å². The highest BCUT2D eigenvalue weighted by Gasteiger charge is 2.38. The zero-order chi connectivity index (χ0) is 13.9. The van der Waals surface area contributed by atoms with Gasteiger partial charge in [-0.15, -0.1) is 0 Å². The number of nitrogens with one attached hydrogen (secondary N) is 1. The van der Waals surface area contributed by atoms with Gasteiger partial charge < -0.3 is 10.1 Å². The Morgan fingerprint density at radius 1 is 1.21 bits per heavy atom. The van der Waals surface area contributed by atoms with Crippen LogP contribution in [0.4, 0.5) is 0 Å². The number of ether oxygens (including phenoxy) is 1. The van der Waals surface area contributed by atoms with Crippen molar-refractivity contribution in [3.8, 4) is 0 Å². The van der Waals surface area contributed by atoms with Gasteiger partial charge in [-0.1, -0.05) is 47.0 Å². The predicted molar refractivity (Wildman–Crippen MR) is 81.4 cm³/mol. The molecule has 2 aliphatic rings. The molecule has 1 atom stereocenters. The van der Waals surface area contributed by atoms with E-state index in [0.29, 0.717) is 11.5 Å². The van der Waals surface area contributed by atoms with Gasteiger partial charge >= 0.3 is 0 Å². The summed E-state index contributed by atoms with van der Waals surface area (Å²) in [5.74, 6) is 0.725. The minimum Gasteiger partial charge on any atom is -0.375 e. The van der Waals surface area contributed by atoms with Gasteiger partial charge in [-0.05, 0) is 37.0 Å². The van der Waals surface area contributed by atoms with E-state index in [4.69, 9.17) is 4.74 Å². The molecule has 2 fully saturated rings. The Kier molecular flexibility index (Phi) is 4.94. The van der Waals surface area contributed by atoms with Crippen LogP contribution in [0.1, 0.15) is 72.6 Å². The molecule has 1 N–H and O–H groups in total. The Hall–Kier alpha value is -0.0800. The van der Waals surface area contributed by atoms with Gasteiger partial charge in [0.2, 0.25) is 0 Å². The van der Waals surface area contributed by atoms with Crippen molar-refractivity contribution in [2.24, 2.45) is 11.3 Å². The standard InChI is InChI=1S/C17H33NO/c1-14(2)16(3,4)13-18-15-8-11-19-17(12-15)9-6-5-7-10-17/h14-15,18H,5-13H2,1-4H3. The highest BCUT2D eigenvalue weighted by Crippen LogP contribution is 2.38. The van der Waals surface area contributed by atoms with E-state index in [2.05, 4.69) is 33.0 Å². The second-order valence-corrected chi connectivity index (χ2v) is 7.81. The Labute approximate surface area is 119 Å². The second-order valence-electron chi connectivity index (χ2n) is 7.81. The van der Waals surface area contributed by atoms with E-state index in [1.807, 2.05) is 0 Å². The smallest absolute Gasteiger partial charge is 0.0697 e. The van der Waals surface area contributed by atoms with Crippen LogP contribution in [0.5, 0.6) is 0 Å². The topological polar surface area (TPSA) is 21.3 Å². The number of hydrogen-bond donors (Lipinski definition) is 1. The van der Waals surface area contributed by atoms with Crippen LogP contribution in [0.25, 0.3) is 0 Å². The molecule has 0 aromatic carbocycles. The van der Waals surface area contributed by atoms with Gasteiger partial charge in [-0.3, -0.25) is 0 Å². The summed E-state index contributed by atoms with van der Waals surface area (Å²) >= 11 is 0. The van der Waals surface area contributed by atoms with E-state index in [1.54, 1.807) is 0 Å². The van der Waals surface area contributed by atoms with E-state index in [1.165, 1.54) is 44.9 Å². The minimum absolute atomic E-state index is 0.232. The van der Waals surface area contributed by atoms with E-state index < -0.39 is 0 Å². The third kappa shape index (κ3) is 3.95. The van der Waals surface area contributed by atoms with Gasteiger partial charge in [0.1, 0.15) is 0 Å². The molecule has 2 rings (SSSR count). The third-order valence-electron chi connectivity index (χ3n) is 5.67. The third-order valence-corrected chi connectivity index (χ3v) is 5.67. The molecule has 112 valence electrons. The highest BCUT2D eigenvalue weighted by molar-refractivity contribution is 4.92. The lowest BCUT2D eigenvalue weighted by Crippen LogP contribution is -2.50. The van der Waals surface area contributed by atoms with Crippen molar-refractivity contribution in [1.82, 2.24) is 5.32 Å². The van der Waals surface area contributed by atoms with Gasteiger partial charge in [-0.25, -0.2) is 0 Å². The Morgan fingerprint density at radius 3 is 2.53 bits per heavy atom. The van der Waals surface area contributed by atoms with Gasteiger partial charge in [-0.2, -0.15) is 0 Å². The molecule has 2 nitrogen and oxygen atoms in total. The summed E-state index contributed by atoms with van der Waals surface area (Å²) < 4.78 is 6.18. The summed E-state index contributed by atoms with van der Waals surface area (Å²) in [6.07, 6.45) is 9.15. The fraction of sp³-hybridized carbons (Fsp3) is 1.00. The molecule has 19 heavy (non-hydrogen) atoms. The van der Waals surface area contributed by atoms with Gasteiger partial charge in [0.15, 0.2) is 0 Å². The molecule has 0 amide bonds. The van der Waals surface area contributed by atoms with E-state index in [0.717, 1.165) is 19.1 Å². The first kappa shape index (κ1) is 15.3. The highest BCUT2D eigenvalue weighted by atomic mass is 16.5. The second kappa shape index (κ2) is 6.13. The Balaban J connectivity index is 1.84. The number of hydrogen-bond acceptors (Lipinski definition) is 2. The first-order valence-electron chi connectivity index (χ1n) is 8.31. The zero-order valence-electron chi connectivity index (χ0n) is 13.4. The molecule has 2 heteroatoms. The molecule has 1 saturated heterocycles. The van der Waals surface area contributed by atoms with Crippen molar-refractivity contribution in [3.63, 3.8) is 0 Å². The van der Waals surface area contributed by atoms with Crippen LogP contribution >= 0.6 is 0 Å². The first-order valence-corrected chi connectivity index (χ1v) is 8.31. The fourth-order valence-corrected chi connectivity index (χ4v) is 3.36. The van der Waals surface area contributed by atoms with Gasteiger partial charge in [0.25, 0.3) is 0 Å². The summed E-state index contributed by atoms with van der Waals surface area (Å²) in [6.45, 7) is 11.5. The lowest BCUT2D eigenvalue weighted by molar-refractivity contribution is -0.109. The summed E-state index contributed by atoms with van der Waals surface area (Å²) in [4.78, 5) is 0. The SMILES string of the molecule is CC(C)C(C)(C)CNC1CCOC2(CCCCC2)C1. The van der Waals surface area contributed by atoms with Gasteiger partial charge in [0.05, 0.1) is 5.60 Å². The lowest BCUT2D eigenvalue weighted by atomic mass is 9.77. The maximum absolute atomic E-state index is 6.18. The molecular formula is C17H33NO. The molecule has 1 unspecified atom stereocenters. The summed E-state index contributed by atoms with van der Waals surface area (Å²) in [5, 5.41) is 3.83. The van der Waals surface area contributed by atoms with Gasteiger partial charge in [0, 0.05) is 19.2 Å².